The predicted molar refractivity (Wildman–Crippen MR) is 115 cm³/mol. The van der Waals surface area contributed by atoms with Crippen LogP contribution in [0.25, 0.3) is 21.8 Å². The molecule has 3 N–H and O–H groups in total. The van der Waals surface area contributed by atoms with Crippen LogP contribution in [0.1, 0.15) is 0 Å². The normalized spacial score (nSPS) is 11.6. The van der Waals surface area contributed by atoms with Gasteiger partial charge in [0.05, 0.1) is 23.1 Å². The van der Waals surface area contributed by atoms with E-state index in [1.165, 1.54) is 10.8 Å². The van der Waals surface area contributed by atoms with Crippen molar-refractivity contribution in [2.24, 2.45) is 0 Å². The van der Waals surface area contributed by atoms with E-state index in [2.05, 4.69) is 33.2 Å². The van der Waals surface area contributed by atoms with Gasteiger partial charge in [0.2, 0.25) is 10.0 Å². The topological polar surface area (TPSA) is 83.2 Å². The van der Waals surface area contributed by atoms with E-state index in [0.29, 0.717) is 24.5 Å². The molecule has 4 aromatic rings. The fraction of sp³-hybridized carbons (Fsp3) is 0.143. The second kappa shape index (κ2) is 7.44. The molecule has 1 heterocycles. The number of benzene rings is 3. The Morgan fingerprint density at radius 2 is 1.61 bits per heavy atom. The second-order valence-electron chi connectivity index (χ2n) is 6.57. The zero-order valence-electron chi connectivity index (χ0n) is 15.4. The van der Waals surface area contributed by atoms with Crippen LogP contribution in [0.4, 0.5) is 11.4 Å². The van der Waals surface area contributed by atoms with Crippen molar-refractivity contribution in [3.63, 3.8) is 0 Å². The van der Waals surface area contributed by atoms with Crippen LogP contribution in [-0.4, -0.2) is 32.8 Å². The number of fused-ring (bicyclic) bond motifs is 3. The maximum Gasteiger partial charge on any atom is 0.229 e. The number of anilines is 2. The Balaban J connectivity index is 1.40. The van der Waals surface area contributed by atoms with Gasteiger partial charge < -0.3 is 15.0 Å². The van der Waals surface area contributed by atoms with Crippen LogP contribution in [0.5, 0.6) is 5.75 Å². The molecule has 0 radical (unpaired) electrons. The molecule has 0 amide bonds. The largest absolute Gasteiger partial charge is 0.492 e. The Bertz CT molecular complexity index is 1230. The van der Waals surface area contributed by atoms with E-state index in [0.717, 1.165) is 23.0 Å². The van der Waals surface area contributed by atoms with Crippen LogP contribution in [0.15, 0.2) is 66.7 Å². The van der Waals surface area contributed by atoms with E-state index < -0.39 is 10.0 Å². The van der Waals surface area contributed by atoms with Crippen molar-refractivity contribution in [2.75, 3.05) is 29.4 Å². The first kappa shape index (κ1) is 18.2. The van der Waals surface area contributed by atoms with Crippen molar-refractivity contribution in [3.05, 3.63) is 66.7 Å². The van der Waals surface area contributed by atoms with Crippen molar-refractivity contribution in [2.45, 2.75) is 0 Å². The number of ether oxygens (including phenoxy) is 1. The number of rotatable bonds is 7. The Morgan fingerprint density at radius 3 is 2.43 bits per heavy atom. The van der Waals surface area contributed by atoms with Gasteiger partial charge in [-0.05, 0) is 30.3 Å². The molecular formula is C21H21N3O3S. The van der Waals surface area contributed by atoms with E-state index in [4.69, 9.17) is 4.74 Å². The number of nitrogens with one attached hydrogen (secondary N) is 3. The average Bonchev–Trinajstić information content (AvgIpc) is 3.03. The summed E-state index contributed by atoms with van der Waals surface area (Å²) in [6.07, 6.45) is 1.13. The van der Waals surface area contributed by atoms with Gasteiger partial charge >= 0.3 is 0 Å². The maximum atomic E-state index is 11.5. The minimum atomic E-state index is -3.33. The smallest absolute Gasteiger partial charge is 0.229 e. The standard InChI is InChI=1S/C21H21N3O3S/c1-28(25,26)24-20-9-5-4-8-19(20)22-12-13-27-15-10-11-17-16-6-2-3-7-18(16)23-21(17)14-15/h2-11,14,22-24H,12-13H2,1H3. The van der Waals surface area contributed by atoms with Crippen molar-refractivity contribution in [3.8, 4) is 5.75 Å². The Hall–Kier alpha value is -3.19. The van der Waals surface area contributed by atoms with Crippen LogP contribution in [0, 0.1) is 0 Å². The first-order chi connectivity index (χ1) is 13.5. The molecule has 28 heavy (non-hydrogen) atoms. The van der Waals surface area contributed by atoms with Crippen molar-refractivity contribution < 1.29 is 13.2 Å². The quantitative estimate of drug-likeness (QED) is 0.410. The van der Waals surface area contributed by atoms with Gasteiger partial charge in [0.15, 0.2) is 0 Å². The third-order valence-electron chi connectivity index (χ3n) is 4.39. The summed E-state index contributed by atoms with van der Waals surface area (Å²) < 4.78 is 31.3. The van der Waals surface area contributed by atoms with Crippen molar-refractivity contribution >= 4 is 43.2 Å². The van der Waals surface area contributed by atoms with Crippen LogP contribution in [-0.2, 0) is 10.0 Å². The van der Waals surface area contributed by atoms with Crippen LogP contribution < -0.4 is 14.8 Å². The molecule has 0 saturated heterocycles. The lowest BCUT2D eigenvalue weighted by Crippen LogP contribution is -2.15. The molecule has 0 spiro atoms. The van der Waals surface area contributed by atoms with Crippen molar-refractivity contribution in [1.82, 2.24) is 4.98 Å². The molecule has 0 bridgehead atoms. The summed E-state index contributed by atoms with van der Waals surface area (Å²) in [5.74, 6) is 0.781. The zero-order chi connectivity index (χ0) is 19.6. The van der Waals surface area contributed by atoms with Gasteiger partial charge in [0.25, 0.3) is 0 Å². The van der Waals surface area contributed by atoms with E-state index in [9.17, 15) is 8.42 Å². The summed E-state index contributed by atoms with van der Waals surface area (Å²) in [6.45, 7) is 0.978. The number of aromatic amines is 1. The Labute approximate surface area is 163 Å². The summed E-state index contributed by atoms with van der Waals surface area (Å²) in [4.78, 5) is 3.40. The molecule has 1 aromatic heterocycles. The molecule has 0 fully saturated rings. The third-order valence-corrected chi connectivity index (χ3v) is 4.98. The molecule has 3 aromatic carbocycles. The van der Waals surface area contributed by atoms with Crippen LogP contribution in [0.2, 0.25) is 0 Å². The van der Waals surface area contributed by atoms with Gasteiger partial charge in [-0.25, -0.2) is 8.42 Å². The highest BCUT2D eigenvalue weighted by molar-refractivity contribution is 7.92. The van der Waals surface area contributed by atoms with E-state index in [1.807, 2.05) is 36.4 Å². The van der Waals surface area contributed by atoms with Gasteiger partial charge in [-0.2, -0.15) is 0 Å². The highest BCUT2D eigenvalue weighted by atomic mass is 32.2. The summed E-state index contributed by atoms with van der Waals surface area (Å²) in [5.41, 5.74) is 3.37. The monoisotopic (exact) mass is 395 g/mol. The second-order valence-corrected chi connectivity index (χ2v) is 8.32. The highest BCUT2D eigenvalue weighted by Gasteiger charge is 2.07. The van der Waals surface area contributed by atoms with Gasteiger partial charge in [-0.1, -0.05) is 30.3 Å². The first-order valence-electron chi connectivity index (χ1n) is 8.93. The fourth-order valence-corrected chi connectivity index (χ4v) is 3.78. The number of hydrogen-bond acceptors (Lipinski definition) is 4. The summed E-state index contributed by atoms with van der Waals surface area (Å²) >= 11 is 0. The lowest BCUT2D eigenvalue weighted by molar-refractivity contribution is 0.333. The molecular weight excluding hydrogens is 374 g/mol. The van der Waals surface area contributed by atoms with Crippen LogP contribution in [0.3, 0.4) is 0 Å². The van der Waals surface area contributed by atoms with Gasteiger partial charge in [-0.15, -0.1) is 0 Å². The van der Waals surface area contributed by atoms with E-state index in [1.54, 1.807) is 12.1 Å². The molecule has 0 aliphatic rings. The molecule has 0 atom stereocenters. The molecule has 7 heteroatoms. The number of hydrogen-bond donors (Lipinski definition) is 3. The highest BCUT2D eigenvalue weighted by Crippen LogP contribution is 2.28. The fourth-order valence-electron chi connectivity index (χ4n) is 3.20. The maximum absolute atomic E-state index is 11.5. The first-order valence-corrected chi connectivity index (χ1v) is 10.8. The number of H-pyrrole nitrogens is 1. The molecule has 144 valence electrons. The van der Waals surface area contributed by atoms with Gasteiger partial charge in [0, 0.05) is 28.9 Å². The lowest BCUT2D eigenvalue weighted by Gasteiger charge is -2.13. The van der Waals surface area contributed by atoms with Crippen LogP contribution >= 0.6 is 0 Å². The molecule has 0 saturated carbocycles. The van der Waals surface area contributed by atoms with Crippen molar-refractivity contribution in [1.29, 1.82) is 0 Å². The van der Waals surface area contributed by atoms with E-state index in [-0.39, 0.29) is 0 Å². The average molecular weight is 395 g/mol. The molecule has 0 unspecified atom stereocenters. The minimum Gasteiger partial charge on any atom is -0.492 e. The summed E-state index contributed by atoms with van der Waals surface area (Å²) in [5, 5.41) is 5.57. The zero-order valence-corrected chi connectivity index (χ0v) is 16.2. The van der Waals surface area contributed by atoms with E-state index >= 15 is 0 Å². The number of para-hydroxylation sites is 3. The third kappa shape index (κ3) is 4.04. The molecule has 0 aliphatic heterocycles. The molecule has 0 aliphatic carbocycles. The lowest BCUT2D eigenvalue weighted by atomic mass is 10.1. The molecule has 4 rings (SSSR count). The van der Waals surface area contributed by atoms with Gasteiger partial charge in [-0.3, -0.25) is 4.72 Å². The Kier molecular flexibility index (Phi) is 4.83. The SMILES string of the molecule is CS(=O)(=O)Nc1ccccc1NCCOc1ccc2c(c1)[nH]c1ccccc12. The molecule has 6 nitrogen and oxygen atoms in total. The Morgan fingerprint density at radius 1 is 0.893 bits per heavy atom. The van der Waals surface area contributed by atoms with Gasteiger partial charge in [0.1, 0.15) is 12.4 Å². The predicted octanol–water partition coefficient (Wildman–Crippen LogP) is 4.18. The summed E-state index contributed by atoms with van der Waals surface area (Å²) in [6, 6.07) is 21.4. The summed E-state index contributed by atoms with van der Waals surface area (Å²) in [7, 11) is -3.33. The minimum absolute atomic E-state index is 0.443. The number of sulfonamides is 1. The number of aromatic nitrogens is 1.